The molecule has 2 N–H and O–H groups in total. The van der Waals surface area contributed by atoms with Crippen LogP contribution < -0.4 is 5.32 Å². The highest BCUT2D eigenvalue weighted by Crippen LogP contribution is 2.37. The number of aliphatic hydroxyl groups is 1. The fourth-order valence-electron chi connectivity index (χ4n) is 2.56. The summed E-state index contributed by atoms with van der Waals surface area (Å²) in [5, 5.41) is 13.2. The van der Waals surface area contributed by atoms with E-state index in [0.717, 1.165) is 5.92 Å². The second-order valence-corrected chi connectivity index (χ2v) is 7.11. The Morgan fingerprint density at radius 1 is 1.00 bits per heavy atom. The first-order valence-corrected chi connectivity index (χ1v) is 6.64. The van der Waals surface area contributed by atoms with Crippen LogP contribution >= 0.6 is 0 Å². The molecule has 0 heterocycles. The molecule has 1 saturated carbocycles. The maximum Gasteiger partial charge on any atom is 0.0715 e. The molecule has 0 amide bonds. The third kappa shape index (κ3) is 4.84. The van der Waals surface area contributed by atoms with Crippen LogP contribution in [-0.4, -0.2) is 23.3 Å². The molecule has 0 aromatic carbocycles. The van der Waals surface area contributed by atoms with E-state index in [1.165, 1.54) is 25.7 Å². The van der Waals surface area contributed by atoms with E-state index in [1.54, 1.807) is 0 Å². The van der Waals surface area contributed by atoms with Crippen molar-refractivity contribution in [1.29, 1.82) is 0 Å². The van der Waals surface area contributed by atoms with Crippen molar-refractivity contribution in [3.63, 3.8) is 0 Å². The lowest BCUT2D eigenvalue weighted by molar-refractivity contribution is 0.0706. The topological polar surface area (TPSA) is 32.3 Å². The monoisotopic (exact) mass is 227 g/mol. The van der Waals surface area contributed by atoms with Crippen molar-refractivity contribution in [1.82, 2.24) is 5.32 Å². The number of nitrogens with one attached hydrogen (secondary N) is 1. The fraction of sp³-hybridized carbons (Fsp3) is 1.00. The van der Waals surface area contributed by atoms with Gasteiger partial charge in [0, 0.05) is 12.6 Å². The summed E-state index contributed by atoms with van der Waals surface area (Å²) in [6.45, 7) is 11.5. The van der Waals surface area contributed by atoms with Crippen LogP contribution in [0.25, 0.3) is 0 Å². The summed E-state index contributed by atoms with van der Waals surface area (Å²) in [6.07, 6.45) is 5.18. The van der Waals surface area contributed by atoms with E-state index < -0.39 is 5.60 Å². The van der Waals surface area contributed by atoms with E-state index in [0.29, 0.717) is 18.0 Å². The molecule has 0 saturated heterocycles. The Bertz CT molecular complexity index is 204. The predicted octanol–water partition coefficient (Wildman–Crippen LogP) is 2.95. The first-order chi connectivity index (χ1) is 7.18. The average molecular weight is 227 g/mol. The van der Waals surface area contributed by atoms with Gasteiger partial charge in [-0.25, -0.2) is 0 Å². The van der Waals surface area contributed by atoms with E-state index in [9.17, 15) is 5.11 Å². The molecule has 96 valence electrons. The standard InChI is InChI=1S/C14H29NO/c1-13(2,3)11-6-8-12(9-7-11)15-10-14(4,5)16/h11-12,15-16H,6-10H2,1-5H3. The summed E-state index contributed by atoms with van der Waals surface area (Å²) >= 11 is 0. The van der Waals surface area contributed by atoms with E-state index in [-0.39, 0.29) is 0 Å². The van der Waals surface area contributed by atoms with Gasteiger partial charge in [-0.05, 0) is 50.9 Å². The summed E-state index contributed by atoms with van der Waals surface area (Å²) in [7, 11) is 0. The van der Waals surface area contributed by atoms with Crippen molar-refractivity contribution in [3.05, 3.63) is 0 Å². The Kier molecular flexibility index (Phi) is 4.42. The van der Waals surface area contributed by atoms with Crippen molar-refractivity contribution in [2.45, 2.75) is 71.9 Å². The zero-order chi connectivity index (χ0) is 12.4. The van der Waals surface area contributed by atoms with Crippen molar-refractivity contribution in [2.75, 3.05) is 6.54 Å². The zero-order valence-electron chi connectivity index (χ0n) is 11.6. The minimum atomic E-state index is -0.582. The molecule has 0 atom stereocenters. The van der Waals surface area contributed by atoms with Gasteiger partial charge in [0.1, 0.15) is 0 Å². The van der Waals surface area contributed by atoms with Gasteiger partial charge < -0.3 is 10.4 Å². The molecule has 0 aliphatic heterocycles. The quantitative estimate of drug-likeness (QED) is 0.777. The van der Waals surface area contributed by atoms with Crippen LogP contribution in [-0.2, 0) is 0 Å². The van der Waals surface area contributed by atoms with Crippen molar-refractivity contribution in [2.24, 2.45) is 11.3 Å². The molecule has 2 heteroatoms. The van der Waals surface area contributed by atoms with E-state index in [4.69, 9.17) is 0 Å². The molecule has 0 bridgehead atoms. The Labute approximate surface area is 101 Å². The minimum absolute atomic E-state index is 0.460. The third-order valence-corrected chi connectivity index (χ3v) is 3.78. The highest BCUT2D eigenvalue weighted by molar-refractivity contribution is 4.84. The zero-order valence-corrected chi connectivity index (χ0v) is 11.6. The van der Waals surface area contributed by atoms with Crippen LogP contribution in [0.4, 0.5) is 0 Å². The summed E-state index contributed by atoms with van der Waals surface area (Å²) in [6, 6.07) is 0.616. The second-order valence-electron chi connectivity index (χ2n) is 7.11. The number of hydrogen-bond donors (Lipinski definition) is 2. The van der Waals surface area contributed by atoms with Gasteiger partial charge >= 0.3 is 0 Å². The Morgan fingerprint density at radius 3 is 1.88 bits per heavy atom. The molecule has 1 rings (SSSR count). The predicted molar refractivity (Wildman–Crippen MR) is 69.5 cm³/mol. The maximum atomic E-state index is 9.67. The second kappa shape index (κ2) is 5.05. The highest BCUT2D eigenvalue weighted by atomic mass is 16.3. The van der Waals surface area contributed by atoms with Crippen LogP contribution in [0.15, 0.2) is 0 Å². The Balaban J connectivity index is 2.28. The van der Waals surface area contributed by atoms with Crippen LogP contribution in [0.1, 0.15) is 60.3 Å². The lowest BCUT2D eigenvalue weighted by Crippen LogP contribution is -2.43. The summed E-state index contributed by atoms with van der Waals surface area (Å²) in [5.41, 5.74) is -0.123. The van der Waals surface area contributed by atoms with Crippen LogP contribution in [0.3, 0.4) is 0 Å². The van der Waals surface area contributed by atoms with Crippen LogP contribution in [0.5, 0.6) is 0 Å². The Hall–Kier alpha value is -0.0800. The van der Waals surface area contributed by atoms with Gasteiger partial charge in [-0.15, -0.1) is 0 Å². The van der Waals surface area contributed by atoms with Gasteiger partial charge in [0.15, 0.2) is 0 Å². The van der Waals surface area contributed by atoms with Crippen molar-refractivity contribution in [3.8, 4) is 0 Å². The normalized spacial score (nSPS) is 28.1. The van der Waals surface area contributed by atoms with E-state index in [1.807, 2.05) is 13.8 Å². The van der Waals surface area contributed by atoms with Crippen LogP contribution in [0, 0.1) is 11.3 Å². The first kappa shape index (κ1) is 14.0. The largest absolute Gasteiger partial charge is 0.389 e. The molecular weight excluding hydrogens is 198 g/mol. The molecule has 1 fully saturated rings. The highest BCUT2D eigenvalue weighted by Gasteiger charge is 2.29. The number of rotatable bonds is 3. The Morgan fingerprint density at radius 2 is 1.50 bits per heavy atom. The molecule has 0 aromatic heterocycles. The molecule has 16 heavy (non-hydrogen) atoms. The first-order valence-electron chi connectivity index (χ1n) is 6.64. The minimum Gasteiger partial charge on any atom is -0.389 e. The van der Waals surface area contributed by atoms with Gasteiger partial charge in [-0.3, -0.25) is 0 Å². The molecule has 1 aliphatic carbocycles. The average Bonchev–Trinajstić information content (AvgIpc) is 2.13. The summed E-state index contributed by atoms with van der Waals surface area (Å²) in [5.74, 6) is 0.868. The molecule has 1 aliphatic rings. The smallest absolute Gasteiger partial charge is 0.0715 e. The van der Waals surface area contributed by atoms with Gasteiger partial charge in [0.25, 0.3) is 0 Å². The van der Waals surface area contributed by atoms with Gasteiger partial charge in [0.05, 0.1) is 5.60 Å². The SMILES string of the molecule is CC(C)(O)CNC1CCC(C(C)(C)C)CC1. The lowest BCUT2D eigenvalue weighted by atomic mass is 9.71. The van der Waals surface area contributed by atoms with Crippen LogP contribution in [0.2, 0.25) is 0 Å². The lowest BCUT2D eigenvalue weighted by Gasteiger charge is -2.37. The molecule has 0 aromatic rings. The number of hydrogen-bond acceptors (Lipinski definition) is 2. The van der Waals surface area contributed by atoms with E-state index in [2.05, 4.69) is 26.1 Å². The molecule has 2 nitrogen and oxygen atoms in total. The summed E-state index contributed by atoms with van der Waals surface area (Å²) < 4.78 is 0. The molecule has 0 spiro atoms. The fourth-order valence-corrected chi connectivity index (χ4v) is 2.56. The van der Waals surface area contributed by atoms with Gasteiger partial charge in [-0.2, -0.15) is 0 Å². The third-order valence-electron chi connectivity index (χ3n) is 3.78. The van der Waals surface area contributed by atoms with Crippen molar-refractivity contribution >= 4 is 0 Å². The van der Waals surface area contributed by atoms with Crippen molar-refractivity contribution < 1.29 is 5.11 Å². The maximum absolute atomic E-state index is 9.67. The molecular formula is C14H29NO. The summed E-state index contributed by atoms with van der Waals surface area (Å²) in [4.78, 5) is 0. The van der Waals surface area contributed by atoms with E-state index >= 15 is 0 Å². The van der Waals surface area contributed by atoms with Gasteiger partial charge in [0.2, 0.25) is 0 Å². The van der Waals surface area contributed by atoms with Gasteiger partial charge in [-0.1, -0.05) is 20.8 Å². The molecule has 0 unspecified atom stereocenters. The molecule has 0 radical (unpaired) electrons.